The number of hydrogen-bond donors (Lipinski definition) is 0. The van der Waals surface area contributed by atoms with E-state index in [2.05, 4.69) is 29.8 Å². The lowest BCUT2D eigenvalue weighted by atomic mass is 10.1. The van der Waals surface area contributed by atoms with Gasteiger partial charge >= 0.3 is 0 Å². The van der Waals surface area contributed by atoms with Gasteiger partial charge in [0, 0.05) is 5.56 Å². The summed E-state index contributed by atoms with van der Waals surface area (Å²) < 4.78 is 0. The Morgan fingerprint density at radius 2 is 1.63 bits per heavy atom. The van der Waals surface area contributed by atoms with E-state index < -0.39 is 0 Å². The van der Waals surface area contributed by atoms with Crippen molar-refractivity contribution in [3.63, 3.8) is 0 Å². The van der Waals surface area contributed by atoms with Gasteiger partial charge in [-0.05, 0) is 35.7 Å². The maximum Gasteiger partial charge on any atom is 0.100 e. The number of thiophene rings is 1. The first-order valence-electron chi connectivity index (χ1n) is 5.61. The molecule has 0 fully saturated rings. The first-order chi connectivity index (χ1) is 9.40. The van der Waals surface area contributed by atoms with Gasteiger partial charge < -0.3 is 0 Å². The fourth-order valence-corrected chi connectivity index (χ4v) is 1.93. The van der Waals surface area contributed by atoms with Gasteiger partial charge in [-0.25, -0.2) is 0 Å². The van der Waals surface area contributed by atoms with Gasteiger partial charge in [-0.3, -0.25) is 0 Å². The second kappa shape index (κ2) is 6.87. The van der Waals surface area contributed by atoms with E-state index >= 15 is 0 Å². The molecule has 0 unspecified atom stereocenters. The summed E-state index contributed by atoms with van der Waals surface area (Å²) in [4.78, 5) is 1.03. The molecule has 0 bridgehead atoms. The molecule has 0 aliphatic carbocycles. The minimum Gasteiger partial charge on any atom is -0.192 e. The highest BCUT2D eigenvalue weighted by Gasteiger charge is 1.94. The Morgan fingerprint density at radius 1 is 0.895 bits per heavy atom. The predicted octanol–water partition coefficient (Wildman–Crippen LogP) is 3.58. The summed E-state index contributed by atoms with van der Waals surface area (Å²) in [5.41, 5.74) is 1.33. The van der Waals surface area contributed by atoms with E-state index in [1.807, 2.05) is 35.7 Å². The summed E-state index contributed by atoms with van der Waals surface area (Å²) in [6.45, 7) is 0. The van der Waals surface area contributed by atoms with Gasteiger partial charge in [0.2, 0.25) is 0 Å². The molecule has 2 rings (SSSR count). The Kier molecular flexibility index (Phi) is 4.60. The van der Waals surface area contributed by atoms with Crippen molar-refractivity contribution >= 4 is 11.3 Å². The van der Waals surface area contributed by atoms with Crippen molar-refractivity contribution in [1.29, 1.82) is 5.26 Å². The Morgan fingerprint density at radius 3 is 2.32 bits per heavy atom. The van der Waals surface area contributed by atoms with Crippen molar-refractivity contribution < 1.29 is 0 Å². The molecule has 0 atom stereocenters. The van der Waals surface area contributed by atoms with Gasteiger partial charge in [-0.1, -0.05) is 41.9 Å². The number of benzene rings is 1. The summed E-state index contributed by atoms with van der Waals surface area (Å²) >= 11 is 1.61. The van der Waals surface area contributed by atoms with Gasteiger partial charge in [0.15, 0.2) is 0 Å². The third-order valence-electron chi connectivity index (χ3n) is 2.22. The Balaban J connectivity index is 2.04. The molecule has 1 heterocycles. The maximum absolute atomic E-state index is 8.91. The fraction of sp³-hybridized carbons (Fsp3) is 0. The molecule has 0 radical (unpaired) electrons. The molecule has 0 N–H and O–H groups in total. The lowest BCUT2D eigenvalue weighted by Crippen LogP contribution is -1.80. The molecule has 88 valence electrons. The van der Waals surface area contributed by atoms with Gasteiger partial charge in [-0.15, -0.1) is 11.3 Å². The molecule has 0 saturated carbocycles. The summed E-state index contributed by atoms with van der Waals surface area (Å²) in [7, 11) is 0. The normalized spacial score (nSPS) is 9.00. The quantitative estimate of drug-likeness (QED) is 0.663. The van der Waals surface area contributed by atoms with Crippen LogP contribution in [0.2, 0.25) is 0 Å². The molecule has 0 saturated heterocycles. The van der Waals surface area contributed by atoms with Crippen molar-refractivity contribution in [2.24, 2.45) is 0 Å². The minimum absolute atomic E-state index is 0.591. The van der Waals surface area contributed by atoms with Gasteiger partial charge in [0.05, 0.1) is 10.4 Å². The van der Waals surface area contributed by atoms with Crippen LogP contribution < -0.4 is 0 Å². The average molecular weight is 259 g/mol. The summed E-state index contributed by atoms with van der Waals surface area (Å²) in [6.07, 6.45) is 3.40. The van der Waals surface area contributed by atoms with Gasteiger partial charge in [0.1, 0.15) is 6.07 Å². The zero-order chi connectivity index (χ0) is 13.3. The molecule has 0 amide bonds. The van der Waals surface area contributed by atoms with Crippen LogP contribution in [0.4, 0.5) is 0 Å². The third-order valence-corrected chi connectivity index (χ3v) is 3.01. The van der Waals surface area contributed by atoms with Crippen molar-refractivity contribution in [3.05, 3.63) is 69.9 Å². The van der Waals surface area contributed by atoms with Crippen LogP contribution in [0.15, 0.2) is 53.9 Å². The Hall–Kier alpha value is -2.73. The highest BCUT2D eigenvalue weighted by Crippen LogP contribution is 2.05. The van der Waals surface area contributed by atoms with Crippen molar-refractivity contribution in [2.45, 2.75) is 0 Å². The molecular formula is C17H9NS. The Bertz CT molecular complexity index is 738. The second-order valence-corrected chi connectivity index (χ2v) is 4.45. The lowest BCUT2D eigenvalue weighted by molar-refractivity contribution is 1.47. The van der Waals surface area contributed by atoms with E-state index in [4.69, 9.17) is 5.26 Å². The van der Waals surface area contributed by atoms with Crippen molar-refractivity contribution in [1.82, 2.24) is 0 Å². The van der Waals surface area contributed by atoms with E-state index in [0.717, 1.165) is 10.4 Å². The fourth-order valence-electron chi connectivity index (χ4n) is 1.35. The van der Waals surface area contributed by atoms with Gasteiger partial charge in [0.25, 0.3) is 0 Å². The Labute approximate surface area is 116 Å². The number of allylic oxidation sites excluding steroid dienone is 2. The van der Waals surface area contributed by atoms with E-state index in [9.17, 15) is 0 Å². The highest BCUT2D eigenvalue weighted by atomic mass is 32.1. The van der Waals surface area contributed by atoms with Crippen LogP contribution in [0.3, 0.4) is 0 Å². The molecule has 1 aromatic carbocycles. The average Bonchev–Trinajstić information content (AvgIpc) is 2.96. The maximum atomic E-state index is 8.91. The van der Waals surface area contributed by atoms with E-state index in [1.54, 1.807) is 29.6 Å². The smallest absolute Gasteiger partial charge is 0.100 e. The van der Waals surface area contributed by atoms with Crippen LogP contribution in [0, 0.1) is 35.0 Å². The zero-order valence-corrected chi connectivity index (χ0v) is 10.9. The predicted molar refractivity (Wildman–Crippen MR) is 78.4 cm³/mol. The highest BCUT2D eigenvalue weighted by molar-refractivity contribution is 7.10. The van der Waals surface area contributed by atoms with E-state index in [0.29, 0.717) is 5.56 Å². The summed E-state index contributed by atoms with van der Waals surface area (Å²) in [5.74, 6) is 11.7. The third kappa shape index (κ3) is 3.90. The van der Waals surface area contributed by atoms with Crippen molar-refractivity contribution in [2.75, 3.05) is 0 Å². The van der Waals surface area contributed by atoms with Crippen LogP contribution in [0.25, 0.3) is 0 Å². The number of rotatable bonds is 0. The number of nitrogens with zero attached hydrogens (tertiary/aromatic N) is 1. The summed E-state index contributed by atoms with van der Waals surface area (Å²) in [5, 5.41) is 10.9. The first-order valence-corrected chi connectivity index (χ1v) is 6.49. The standard InChI is InChI=1S/C17H9NS/c18-14-16-10-6-5-9-15(16)8-3-1-2-4-11-17-12-7-13-19-17/h1-2,5-7,9-10,12-13H/b2-1-. The second-order valence-electron chi connectivity index (χ2n) is 3.51. The van der Waals surface area contributed by atoms with Crippen LogP contribution in [0.1, 0.15) is 16.0 Å². The molecular weight excluding hydrogens is 250 g/mol. The van der Waals surface area contributed by atoms with Gasteiger partial charge in [-0.2, -0.15) is 5.26 Å². The molecule has 0 aliphatic heterocycles. The van der Waals surface area contributed by atoms with Crippen LogP contribution in [-0.2, 0) is 0 Å². The van der Waals surface area contributed by atoms with Crippen LogP contribution in [-0.4, -0.2) is 0 Å². The first kappa shape index (κ1) is 12.7. The monoisotopic (exact) mass is 259 g/mol. The number of nitriles is 1. The molecule has 19 heavy (non-hydrogen) atoms. The van der Waals surface area contributed by atoms with Crippen molar-refractivity contribution in [3.8, 4) is 29.8 Å². The molecule has 1 nitrogen and oxygen atoms in total. The minimum atomic E-state index is 0.591. The van der Waals surface area contributed by atoms with E-state index in [-0.39, 0.29) is 0 Å². The van der Waals surface area contributed by atoms with E-state index in [1.165, 1.54) is 0 Å². The zero-order valence-electron chi connectivity index (χ0n) is 10.1. The topological polar surface area (TPSA) is 23.8 Å². The number of hydrogen-bond acceptors (Lipinski definition) is 2. The molecule has 2 aromatic rings. The summed E-state index contributed by atoms with van der Waals surface area (Å²) in [6, 6.07) is 13.3. The molecule has 0 spiro atoms. The lowest BCUT2D eigenvalue weighted by Gasteiger charge is -1.91. The molecule has 1 aromatic heterocycles. The van der Waals surface area contributed by atoms with Crippen LogP contribution in [0.5, 0.6) is 0 Å². The SMILES string of the molecule is N#Cc1ccccc1C#C/C=C\C#Cc1cccs1. The van der Waals surface area contributed by atoms with Crippen LogP contribution >= 0.6 is 11.3 Å². The molecule has 2 heteroatoms. The molecule has 0 aliphatic rings. The largest absolute Gasteiger partial charge is 0.192 e.